The second-order valence-corrected chi connectivity index (χ2v) is 0. The van der Waals surface area contributed by atoms with Crippen molar-refractivity contribution in [1.82, 2.24) is 0 Å². The van der Waals surface area contributed by atoms with Gasteiger partial charge in [0, 0.05) is 0 Å². The van der Waals surface area contributed by atoms with Gasteiger partial charge in [-0.05, 0) is 0 Å². The van der Waals surface area contributed by atoms with E-state index in [2.05, 4.69) is 23.7 Å². The van der Waals surface area contributed by atoms with Crippen molar-refractivity contribution in [2.45, 2.75) is 0 Å². The molecule has 5 heavy (non-hydrogen) atoms. The van der Waals surface area contributed by atoms with Gasteiger partial charge in [-0.2, -0.15) is 0 Å². The van der Waals surface area contributed by atoms with Crippen LogP contribution < -0.4 is 9.32 Å². The maximum absolute atomic E-state index is 7.72. The van der Waals surface area contributed by atoms with Crippen molar-refractivity contribution in [3.63, 3.8) is 0 Å². The van der Waals surface area contributed by atoms with Crippen LogP contribution in [0.4, 0.5) is 0 Å². The molecule has 0 aromatic rings. The summed E-state index contributed by atoms with van der Waals surface area (Å²) in [6.45, 7) is 0. The molecule has 0 amide bonds. The number of rotatable bonds is 0. The van der Waals surface area contributed by atoms with E-state index in [4.69, 9.17) is 9.32 Å². The van der Waals surface area contributed by atoms with Crippen molar-refractivity contribution < 1.29 is 9.32 Å². The monoisotopic (exact) mass is 312 g/mol. The summed E-state index contributed by atoms with van der Waals surface area (Å²) in [7, 11) is 0. The van der Waals surface area contributed by atoms with Crippen molar-refractivity contribution in [3.05, 3.63) is 0 Å². The van der Waals surface area contributed by atoms with Crippen LogP contribution in [0.5, 0.6) is 0 Å². The van der Waals surface area contributed by atoms with Gasteiger partial charge in [-0.25, -0.2) is 23.7 Å². The molecule has 5 heteroatoms. The summed E-state index contributed by atoms with van der Waals surface area (Å²) in [5.74, 6) is 0. The molecule has 2 nitrogen and oxygen atoms in total. The molecule has 0 unspecified atom stereocenters. The SMILES string of the molecule is [O-]Cl.[O-]Cl.[PbH2+2]. The number of halogens is 2. The normalized spacial score (nSPS) is 2.40. The van der Waals surface area contributed by atoms with Gasteiger partial charge in [-0.3, -0.25) is 0 Å². The average Bonchev–Trinajstić information content (AvgIpc) is 1.50. The third-order valence-corrected chi connectivity index (χ3v) is 0. The summed E-state index contributed by atoms with van der Waals surface area (Å²) < 4.78 is 15.4. The standard InChI is InChI=1S/2ClO.Pb.2H/c2*1-2;;;/q2*-1;+2;;. The van der Waals surface area contributed by atoms with Crippen molar-refractivity contribution in [1.29, 1.82) is 0 Å². The van der Waals surface area contributed by atoms with Crippen molar-refractivity contribution >= 4 is 51.0 Å². The second-order valence-electron chi connectivity index (χ2n) is 0. The summed E-state index contributed by atoms with van der Waals surface area (Å²) >= 11 is 6.78. The van der Waals surface area contributed by atoms with Gasteiger partial charge < -0.3 is 9.32 Å². The topological polar surface area (TPSA) is 46.1 Å². The fourth-order valence-electron chi connectivity index (χ4n) is 0. The van der Waals surface area contributed by atoms with Crippen LogP contribution in [0.1, 0.15) is 0 Å². The average molecular weight is 312 g/mol. The molecule has 0 rings (SSSR count). The van der Waals surface area contributed by atoms with Crippen LogP contribution in [0.25, 0.3) is 0 Å². The molecule has 0 heterocycles. The van der Waals surface area contributed by atoms with Gasteiger partial charge in [0.2, 0.25) is 0 Å². The molecule has 0 aromatic carbocycles. The molecule has 0 radical (unpaired) electrons. The zero-order valence-corrected chi connectivity index (χ0v) is 9.29. The summed E-state index contributed by atoms with van der Waals surface area (Å²) in [6, 6.07) is 0. The molecule has 0 bridgehead atoms. The number of hydrogen-bond donors (Lipinski definition) is 0. The van der Waals surface area contributed by atoms with E-state index in [9.17, 15) is 0 Å². The molecule has 0 spiro atoms. The maximum atomic E-state index is 7.72. The quantitative estimate of drug-likeness (QED) is 0.490. The molecule has 0 aliphatic carbocycles. The zero-order valence-electron chi connectivity index (χ0n) is 2.28. The Hall–Kier alpha value is 1.42. The molecule has 0 aliphatic heterocycles. The third-order valence-electron chi connectivity index (χ3n) is 0. The molecule has 0 saturated carbocycles. The first-order valence-electron chi connectivity index (χ1n) is 0.309. The van der Waals surface area contributed by atoms with Crippen molar-refractivity contribution in [2.24, 2.45) is 0 Å². The van der Waals surface area contributed by atoms with Crippen LogP contribution in [0.2, 0.25) is 0 Å². The Bertz CT molecular complexity index is 7.61. The first-order chi connectivity index (χ1) is 2.00. The van der Waals surface area contributed by atoms with Gasteiger partial charge in [0.1, 0.15) is 0 Å². The van der Waals surface area contributed by atoms with Gasteiger partial charge in [0.05, 0.1) is 0 Å². The molecular formula is H2Cl2O2Pb. The molecular weight excluding hydrogens is 310 g/mol. The van der Waals surface area contributed by atoms with Gasteiger partial charge in [-0.15, -0.1) is 0 Å². The molecule has 32 valence electrons. The summed E-state index contributed by atoms with van der Waals surface area (Å²) in [6.07, 6.45) is 0. The third kappa shape index (κ3) is 31.4. The van der Waals surface area contributed by atoms with Gasteiger partial charge in [0.25, 0.3) is 0 Å². The Labute approximate surface area is 60.2 Å². The fourth-order valence-corrected chi connectivity index (χ4v) is 0. The van der Waals surface area contributed by atoms with Crippen LogP contribution in [-0.4, -0.2) is 27.3 Å². The molecule has 0 aliphatic rings. The van der Waals surface area contributed by atoms with E-state index in [1.807, 2.05) is 0 Å². The summed E-state index contributed by atoms with van der Waals surface area (Å²) in [5.41, 5.74) is 0. The zero-order chi connectivity index (χ0) is 4.00. The van der Waals surface area contributed by atoms with Crippen molar-refractivity contribution in [3.8, 4) is 0 Å². The summed E-state index contributed by atoms with van der Waals surface area (Å²) in [4.78, 5) is 0. The second kappa shape index (κ2) is 52.4. The Balaban J connectivity index is -0.0000000133. The van der Waals surface area contributed by atoms with E-state index in [-0.39, 0.29) is 27.3 Å². The van der Waals surface area contributed by atoms with Crippen molar-refractivity contribution in [2.75, 3.05) is 0 Å². The van der Waals surface area contributed by atoms with Crippen LogP contribution in [0, 0.1) is 0 Å². The van der Waals surface area contributed by atoms with E-state index in [1.54, 1.807) is 0 Å². The molecule has 0 N–H and O–H groups in total. The van der Waals surface area contributed by atoms with E-state index < -0.39 is 0 Å². The molecule has 0 atom stereocenters. The van der Waals surface area contributed by atoms with Crippen LogP contribution in [-0.2, 0) is 0 Å². The van der Waals surface area contributed by atoms with E-state index in [1.165, 1.54) is 0 Å². The predicted octanol–water partition coefficient (Wildman–Crippen LogP) is -1.92. The predicted molar refractivity (Wildman–Crippen MR) is 20.2 cm³/mol. The Morgan fingerprint density at radius 2 is 0.800 bits per heavy atom. The van der Waals surface area contributed by atoms with Gasteiger partial charge in [0.15, 0.2) is 0 Å². The van der Waals surface area contributed by atoms with E-state index >= 15 is 0 Å². The first kappa shape index (κ1) is 16.1. The summed E-state index contributed by atoms with van der Waals surface area (Å²) in [5, 5.41) is 0. The first-order valence-corrected chi connectivity index (χ1v) is 0.926. The van der Waals surface area contributed by atoms with Crippen LogP contribution in [0.3, 0.4) is 0 Å². The van der Waals surface area contributed by atoms with Crippen LogP contribution >= 0.6 is 23.7 Å². The minimum absolute atomic E-state index is 0. The Morgan fingerprint density at radius 1 is 0.800 bits per heavy atom. The van der Waals surface area contributed by atoms with Crippen LogP contribution in [0.15, 0.2) is 0 Å². The van der Waals surface area contributed by atoms with Gasteiger partial charge in [-0.1, -0.05) is 0 Å². The van der Waals surface area contributed by atoms with E-state index in [0.717, 1.165) is 0 Å². The van der Waals surface area contributed by atoms with E-state index in [0.29, 0.717) is 0 Å². The van der Waals surface area contributed by atoms with Gasteiger partial charge >= 0.3 is 27.3 Å². The molecule has 0 saturated heterocycles. The Morgan fingerprint density at radius 3 is 0.800 bits per heavy atom. The molecule has 0 aromatic heterocycles. The Kier molecular flexibility index (Phi) is 169. The minimum atomic E-state index is 0. The fraction of sp³-hybridized carbons (Fsp3) is 0. The molecule has 0 fully saturated rings. The number of hydrogen-bond acceptors (Lipinski definition) is 2.